The molecule has 0 aliphatic carbocycles. The number of hydrogen-bond donors (Lipinski definition) is 0. The lowest BCUT2D eigenvalue weighted by molar-refractivity contribution is -0.109. The molecule has 2 heterocycles. The highest BCUT2D eigenvalue weighted by atomic mass is 32.2. The standard InChI is InChI=1S/C21H36N2O6S/c1-14(24)30-17-10-15(23(12-17)19(26)29-21(5,6)7)13-27-16-8-9-22(11-16)18(25)28-20(2,3)4/h15-17H,8-13H2,1-7H3/t15-,16+,17-/m0/s1. The summed E-state index contributed by atoms with van der Waals surface area (Å²) in [6.45, 7) is 14.4. The van der Waals surface area contributed by atoms with Crippen LogP contribution in [0.3, 0.4) is 0 Å². The summed E-state index contributed by atoms with van der Waals surface area (Å²) in [5, 5.41) is 0.0694. The minimum absolute atomic E-state index is 0.0328. The first-order valence-electron chi connectivity index (χ1n) is 10.5. The first kappa shape index (κ1) is 24.8. The van der Waals surface area contributed by atoms with Crippen molar-refractivity contribution in [2.75, 3.05) is 26.2 Å². The average Bonchev–Trinajstić information content (AvgIpc) is 3.15. The van der Waals surface area contributed by atoms with E-state index in [0.29, 0.717) is 32.7 Å². The van der Waals surface area contributed by atoms with Crippen molar-refractivity contribution >= 4 is 29.1 Å². The number of amides is 2. The van der Waals surface area contributed by atoms with Crippen LogP contribution in [0.25, 0.3) is 0 Å². The van der Waals surface area contributed by atoms with E-state index in [1.165, 1.54) is 18.7 Å². The highest BCUT2D eigenvalue weighted by Crippen LogP contribution is 2.30. The van der Waals surface area contributed by atoms with Crippen molar-refractivity contribution in [2.24, 2.45) is 0 Å². The average molecular weight is 445 g/mol. The highest BCUT2D eigenvalue weighted by molar-refractivity contribution is 8.14. The van der Waals surface area contributed by atoms with Gasteiger partial charge in [-0.15, -0.1) is 0 Å². The maximum atomic E-state index is 12.7. The molecule has 9 heteroatoms. The Kier molecular flexibility index (Phi) is 8.07. The maximum Gasteiger partial charge on any atom is 0.410 e. The molecule has 3 atom stereocenters. The third-order valence-corrected chi connectivity index (χ3v) is 5.66. The summed E-state index contributed by atoms with van der Waals surface area (Å²) in [4.78, 5) is 39.7. The smallest absolute Gasteiger partial charge is 0.410 e. The van der Waals surface area contributed by atoms with Crippen molar-refractivity contribution in [3.63, 3.8) is 0 Å². The van der Waals surface area contributed by atoms with Gasteiger partial charge in [-0.05, 0) is 54.4 Å². The van der Waals surface area contributed by atoms with Crippen LogP contribution in [0.15, 0.2) is 0 Å². The predicted octanol–water partition coefficient (Wildman–Crippen LogP) is 3.67. The van der Waals surface area contributed by atoms with E-state index in [1.54, 1.807) is 9.80 Å². The fraction of sp³-hybridized carbons (Fsp3) is 0.857. The molecular weight excluding hydrogens is 408 g/mol. The Balaban J connectivity index is 1.91. The zero-order valence-corrected chi connectivity index (χ0v) is 20.0. The van der Waals surface area contributed by atoms with Gasteiger partial charge in [0.1, 0.15) is 11.2 Å². The van der Waals surface area contributed by atoms with Gasteiger partial charge in [0.05, 0.1) is 25.3 Å². The number of likely N-dealkylation sites (tertiary alicyclic amines) is 2. The lowest BCUT2D eigenvalue weighted by atomic mass is 10.2. The molecule has 0 radical (unpaired) electrons. The molecule has 8 nitrogen and oxygen atoms in total. The van der Waals surface area contributed by atoms with Crippen LogP contribution in [0, 0.1) is 0 Å². The molecule has 2 rings (SSSR count). The third-order valence-electron chi connectivity index (χ3n) is 4.66. The third kappa shape index (κ3) is 7.98. The van der Waals surface area contributed by atoms with Gasteiger partial charge in [-0.25, -0.2) is 9.59 Å². The summed E-state index contributed by atoms with van der Waals surface area (Å²) in [5.74, 6) is 0. The quantitative estimate of drug-likeness (QED) is 0.654. The van der Waals surface area contributed by atoms with Gasteiger partial charge in [-0.3, -0.25) is 4.79 Å². The number of carbonyl (C=O) groups is 3. The van der Waals surface area contributed by atoms with E-state index in [0.717, 1.165) is 6.42 Å². The lowest BCUT2D eigenvalue weighted by Gasteiger charge is -2.29. The van der Waals surface area contributed by atoms with Gasteiger partial charge in [-0.2, -0.15) is 0 Å². The molecule has 2 amide bonds. The van der Waals surface area contributed by atoms with Crippen LogP contribution in [0.4, 0.5) is 9.59 Å². The van der Waals surface area contributed by atoms with E-state index in [1.807, 2.05) is 41.5 Å². The second-order valence-corrected chi connectivity index (χ2v) is 11.4. The van der Waals surface area contributed by atoms with Crippen LogP contribution in [0.1, 0.15) is 61.3 Å². The van der Waals surface area contributed by atoms with E-state index in [4.69, 9.17) is 14.2 Å². The zero-order valence-electron chi connectivity index (χ0n) is 19.2. The van der Waals surface area contributed by atoms with Crippen molar-refractivity contribution in [3.8, 4) is 0 Å². The van der Waals surface area contributed by atoms with Crippen molar-refractivity contribution in [2.45, 2.75) is 89.9 Å². The Morgan fingerprint density at radius 2 is 1.57 bits per heavy atom. The highest BCUT2D eigenvalue weighted by Gasteiger charge is 2.39. The topological polar surface area (TPSA) is 85.4 Å². The molecule has 0 spiro atoms. The Hall–Kier alpha value is -1.48. The molecule has 172 valence electrons. The van der Waals surface area contributed by atoms with Gasteiger partial charge >= 0.3 is 12.2 Å². The predicted molar refractivity (Wildman–Crippen MR) is 116 cm³/mol. The number of hydrogen-bond acceptors (Lipinski definition) is 7. The Labute approximate surface area is 183 Å². The molecule has 2 aliphatic heterocycles. The number of carbonyl (C=O) groups excluding carboxylic acids is 3. The minimum atomic E-state index is -0.590. The second-order valence-electron chi connectivity index (χ2n) is 9.92. The molecule has 2 aliphatic rings. The molecule has 2 fully saturated rings. The van der Waals surface area contributed by atoms with Crippen molar-refractivity contribution < 1.29 is 28.6 Å². The molecule has 0 unspecified atom stereocenters. The summed E-state index contributed by atoms with van der Waals surface area (Å²) in [6.07, 6.45) is 0.584. The van der Waals surface area contributed by atoms with E-state index < -0.39 is 11.2 Å². The molecule has 0 aromatic rings. The lowest BCUT2D eigenvalue weighted by Crippen LogP contribution is -2.42. The van der Waals surface area contributed by atoms with Crippen molar-refractivity contribution in [1.82, 2.24) is 9.80 Å². The van der Waals surface area contributed by atoms with E-state index >= 15 is 0 Å². The van der Waals surface area contributed by atoms with Crippen LogP contribution in [-0.2, 0) is 19.0 Å². The first-order chi connectivity index (χ1) is 13.7. The molecule has 0 N–H and O–H groups in total. The molecule has 0 bridgehead atoms. The second kappa shape index (κ2) is 9.77. The van der Waals surface area contributed by atoms with Gasteiger partial charge in [0.15, 0.2) is 5.12 Å². The van der Waals surface area contributed by atoms with Crippen molar-refractivity contribution in [3.05, 3.63) is 0 Å². The Morgan fingerprint density at radius 1 is 0.967 bits per heavy atom. The Morgan fingerprint density at radius 3 is 2.13 bits per heavy atom. The molecule has 30 heavy (non-hydrogen) atoms. The Bertz CT molecular complexity index is 642. The van der Waals surface area contributed by atoms with E-state index in [-0.39, 0.29) is 34.7 Å². The zero-order chi connectivity index (χ0) is 22.7. The summed E-state index contributed by atoms with van der Waals surface area (Å²) in [7, 11) is 0. The van der Waals surface area contributed by atoms with Crippen LogP contribution >= 0.6 is 11.8 Å². The maximum absolute atomic E-state index is 12.7. The summed E-state index contributed by atoms with van der Waals surface area (Å²) >= 11 is 1.26. The van der Waals surface area contributed by atoms with Gasteiger partial charge in [0.2, 0.25) is 0 Å². The van der Waals surface area contributed by atoms with Crippen molar-refractivity contribution in [1.29, 1.82) is 0 Å². The first-order valence-corrected chi connectivity index (χ1v) is 11.4. The fourth-order valence-electron chi connectivity index (χ4n) is 3.50. The number of thioether (sulfide) groups is 1. The van der Waals surface area contributed by atoms with Crippen LogP contribution in [-0.4, -0.2) is 81.9 Å². The molecular formula is C21H36N2O6S. The summed E-state index contributed by atoms with van der Waals surface area (Å²) in [6, 6.07) is -0.160. The molecule has 0 aromatic heterocycles. The molecule has 0 saturated carbocycles. The van der Waals surface area contributed by atoms with Gasteiger partial charge < -0.3 is 24.0 Å². The van der Waals surface area contributed by atoms with Gasteiger partial charge in [-0.1, -0.05) is 11.8 Å². The van der Waals surface area contributed by atoms with Crippen LogP contribution in [0.5, 0.6) is 0 Å². The largest absolute Gasteiger partial charge is 0.444 e. The SMILES string of the molecule is CC(=O)S[C@H]1C[C@@H](CO[C@@H]2CCN(C(=O)OC(C)(C)C)C2)N(C(=O)OC(C)(C)C)C1. The number of rotatable bonds is 4. The van der Waals surface area contributed by atoms with E-state index in [9.17, 15) is 14.4 Å². The number of nitrogens with zero attached hydrogens (tertiary/aromatic N) is 2. The normalized spacial score (nSPS) is 24.8. The monoisotopic (exact) mass is 444 g/mol. The van der Waals surface area contributed by atoms with Gasteiger partial charge in [0, 0.05) is 25.3 Å². The molecule has 2 saturated heterocycles. The fourth-order valence-corrected chi connectivity index (χ4v) is 4.52. The minimum Gasteiger partial charge on any atom is -0.444 e. The van der Waals surface area contributed by atoms with E-state index in [2.05, 4.69) is 0 Å². The summed E-state index contributed by atoms with van der Waals surface area (Å²) < 4.78 is 17.0. The van der Waals surface area contributed by atoms with Gasteiger partial charge in [0.25, 0.3) is 0 Å². The van der Waals surface area contributed by atoms with Crippen LogP contribution in [0.2, 0.25) is 0 Å². The van der Waals surface area contributed by atoms with Crippen LogP contribution < -0.4 is 0 Å². The summed E-state index contributed by atoms with van der Waals surface area (Å²) in [5.41, 5.74) is -1.12. The number of ether oxygens (including phenoxy) is 3. The molecule has 0 aromatic carbocycles.